The molecule has 1 fully saturated rings. The second-order valence-electron chi connectivity index (χ2n) is 8.69. The van der Waals surface area contributed by atoms with Crippen molar-refractivity contribution in [2.24, 2.45) is 0 Å². The van der Waals surface area contributed by atoms with Crippen LogP contribution in [-0.2, 0) is 10.0 Å². The van der Waals surface area contributed by atoms with E-state index in [9.17, 15) is 17.6 Å². The molecule has 0 unspecified atom stereocenters. The number of sulfonamides is 1. The second kappa shape index (κ2) is 9.97. The summed E-state index contributed by atoms with van der Waals surface area (Å²) in [5, 5.41) is 3.08. The number of amides is 1. The monoisotopic (exact) mass is 515 g/mol. The highest BCUT2D eigenvalue weighted by Crippen LogP contribution is 2.27. The average Bonchev–Trinajstić information content (AvgIpc) is 2.83. The minimum Gasteiger partial charge on any atom is -0.369 e. The number of nitrogens with one attached hydrogen (secondary N) is 1. The molecule has 1 heterocycles. The number of rotatable bonds is 5. The summed E-state index contributed by atoms with van der Waals surface area (Å²) in [5.74, 6) is -1.55. The average molecular weight is 516 g/mol. The zero-order chi connectivity index (χ0) is 25.3. The van der Waals surface area contributed by atoms with Gasteiger partial charge in [-0.15, -0.1) is 0 Å². The molecule has 0 radical (unpaired) electrons. The number of piperazine rings is 1. The first-order valence-corrected chi connectivity index (χ1v) is 13.1. The van der Waals surface area contributed by atoms with Gasteiger partial charge in [0.1, 0.15) is 5.82 Å². The van der Waals surface area contributed by atoms with Crippen molar-refractivity contribution in [3.05, 3.63) is 87.7 Å². The molecule has 9 heteroatoms. The fraction of sp³-hybridized carbons (Fsp3) is 0.269. The van der Waals surface area contributed by atoms with Gasteiger partial charge in [0.2, 0.25) is 10.0 Å². The van der Waals surface area contributed by atoms with Crippen LogP contribution >= 0.6 is 11.6 Å². The molecule has 0 atom stereocenters. The third kappa shape index (κ3) is 5.19. The molecule has 6 nitrogen and oxygen atoms in total. The van der Waals surface area contributed by atoms with Crippen LogP contribution in [0, 0.1) is 26.6 Å². The third-order valence-corrected chi connectivity index (χ3v) is 8.58. The zero-order valence-corrected chi connectivity index (χ0v) is 21.4. The van der Waals surface area contributed by atoms with Crippen molar-refractivity contribution in [2.75, 3.05) is 36.4 Å². The Bertz CT molecular complexity index is 1390. The molecule has 0 aromatic heterocycles. The van der Waals surface area contributed by atoms with Gasteiger partial charge in [0.15, 0.2) is 0 Å². The van der Waals surface area contributed by atoms with Crippen LogP contribution in [0.1, 0.15) is 27.0 Å². The maximum atomic E-state index is 14.5. The quantitative estimate of drug-likeness (QED) is 0.509. The van der Waals surface area contributed by atoms with Crippen molar-refractivity contribution in [3.8, 4) is 0 Å². The van der Waals surface area contributed by atoms with Gasteiger partial charge in [-0.3, -0.25) is 4.79 Å². The summed E-state index contributed by atoms with van der Waals surface area (Å²) < 4.78 is 42.6. The minimum absolute atomic E-state index is 0.118. The van der Waals surface area contributed by atoms with Gasteiger partial charge in [0.25, 0.3) is 5.91 Å². The van der Waals surface area contributed by atoms with Crippen molar-refractivity contribution in [1.29, 1.82) is 0 Å². The van der Waals surface area contributed by atoms with Crippen LogP contribution in [0.2, 0.25) is 5.02 Å². The van der Waals surface area contributed by atoms with Crippen LogP contribution in [0.4, 0.5) is 15.8 Å². The molecular weight excluding hydrogens is 489 g/mol. The number of hydrogen-bond acceptors (Lipinski definition) is 4. The highest BCUT2D eigenvalue weighted by atomic mass is 35.5. The van der Waals surface area contributed by atoms with E-state index >= 15 is 0 Å². The smallest absolute Gasteiger partial charge is 0.258 e. The van der Waals surface area contributed by atoms with Crippen molar-refractivity contribution >= 4 is 38.9 Å². The molecule has 0 spiro atoms. The molecule has 1 aliphatic rings. The topological polar surface area (TPSA) is 69.7 Å². The van der Waals surface area contributed by atoms with Gasteiger partial charge in [-0.2, -0.15) is 4.31 Å². The maximum Gasteiger partial charge on any atom is 0.258 e. The standard InChI is InChI=1S/C26H27ClFN3O3S/c1-17-7-8-18(2)25(15-17)30-11-13-31(14-12-30)35(33,34)20-9-10-23(28)21(16-20)26(32)29-24-6-4-5-22(27)19(24)3/h4-10,15-16H,11-14H2,1-3H3,(H,29,32). The molecule has 0 saturated carbocycles. The van der Waals surface area contributed by atoms with Gasteiger partial charge in [-0.25, -0.2) is 12.8 Å². The molecule has 1 N–H and O–H groups in total. The number of benzene rings is 3. The van der Waals surface area contributed by atoms with E-state index in [2.05, 4.69) is 28.4 Å². The molecule has 3 aromatic carbocycles. The Morgan fingerprint density at radius 3 is 2.40 bits per heavy atom. The molecule has 0 bridgehead atoms. The Morgan fingerprint density at radius 2 is 1.69 bits per heavy atom. The van der Waals surface area contributed by atoms with Crippen LogP contribution in [0.3, 0.4) is 0 Å². The summed E-state index contributed by atoms with van der Waals surface area (Å²) in [6.45, 7) is 7.44. The van der Waals surface area contributed by atoms with E-state index in [0.717, 1.165) is 28.9 Å². The van der Waals surface area contributed by atoms with Crippen LogP contribution in [0.15, 0.2) is 59.5 Å². The van der Waals surface area contributed by atoms with Crippen molar-refractivity contribution in [1.82, 2.24) is 4.31 Å². The second-order valence-corrected chi connectivity index (χ2v) is 11.0. The molecular formula is C26H27ClFN3O3S. The fourth-order valence-corrected chi connectivity index (χ4v) is 5.77. The number of hydrogen-bond donors (Lipinski definition) is 1. The van der Waals surface area contributed by atoms with Crippen molar-refractivity contribution in [3.63, 3.8) is 0 Å². The van der Waals surface area contributed by atoms with Crippen LogP contribution in [0.5, 0.6) is 0 Å². The van der Waals surface area contributed by atoms with E-state index in [1.165, 1.54) is 10.4 Å². The van der Waals surface area contributed by atoms with E-state index in [1.807, 2.05) is 13.8 Å². The first-order valence-electron chi connectivity index (χ1n) is 11.3. The van der Waals surface area contributed by atoms with E-state index in [1.54, 1.807) is 25.1 Å². The van der Waals surface area contributed by atoms with Crippen LogP contribution < -0.4 is 10.2 Å². The Balaban J connectivity index is 1.53. The highest BCUT2D eigenvalue weighted by molar-refractivity contribution is 7.89. The highest BCUT2D eigenvalue weighted by Gasteiger charge is 2.30. The molecule has 0 aliphatic carbocycles. The molecule has 1 aliphatic heterocycles. The third-order valence-electron chi connectivity index (χ3n) is 6.28. The van der Waals surface area contributed by atoms with Gasteiger partial charge in [-0.1, -0.05) is 29.8 Å². The minimum atomic E-state index is -3.91. The zero-order valence-electron chi connectivity index (χ0n) is 19.8. The largest absolute Gasteiger partial charge is 0.369 e. The normalized spacial score (nSPS) is 14.7. The fourth-order valence-electron chi connectivity index (χ4n) is 4.15. The Hall–Kier alpha value is -2.94. The number of nitrogens with zero attached hydrogens (tertiary/aromatic N) is 2. The van der Waals surface area contributed by atoms with E-state index < -0.39 is 21.7 Å². The SMILES string of the molecule is Cc1ccc(C)c(N2CCN(S(=O)(=O)c3ccc(F)c(C(=O)Nc4cccc(Cl)c4C)c3)CC2)c1. The van der Waals surface area contributed by atoms with Gasteiger partial charge in [0.05, 0.1) is 10.5 Å². The van der Waals surface area contributed by atoms with Crippen molar-refractivity contribution in [2.45, 2.75) is 25.7 Å². The first kappa shape index (κ1) is 25.2. The number of anilines is 2. The Labute approximate surface area is 210 Å². The van der Waals surface area contributed by atoms with E-state index in [0.29, 0.717) is 29.4 Å². The van der Waals surface area contributed by atoms with E-state index in [-0.39, 0.29) is 23.5 Å². The maximum absolute atomic E-state index is 14.5. The van der Waals surface area contributed by atoms with Crippen molar-refractivity contribution < 1.29 is 17.6 Å². The van der Waals surface area contributed by atoms with Gasteiger partial charge < -0.3 is 10.2 Å². The summed E-state index contributed by atoms with van der Waals surface area (Å²) >= 11 is 6.10. The van der Waals surface area contributed by atoms with Gasteiger partial charge in [-0.05, 0) is 73.9 Å². The number of halogens is 2. The van der Waals surface area contributed by atoms with E-state index in [4.69, 9.17) is 11.6 Å². The summed E-state index contributed by atoms with van der Waals surface area (Å²) in [7, 11) is -3.91. The molecule has 35 heavy (non-hydrogen) atoms. The molecule has 1 saturated heterocycles. The summed E-state index contributed by atoms with van der Waals surface area (Å²) in [6, 6.07) is 14.5. The van der Waals surface area contributed by atoms with Gasteiger partial charge in [0, 0.05) is 42.6 Å². The van der Waals surface area contributed by atoms with Gasteiger partial charge >= 0.3 is 0 Å². The van der Waals surface area contributed by atoms with Crippen LogP contribution in [0.25, 0.3) is 0 Å². The number of carbonyl (C=O) groups is 1. The summed E-state index contributed by atoms with van der Waals surface area (Å²) in [4.78, 5) is 14.9. The molecule has 1 amide bonds. The number of aryl methyl sites for hydroxylation is 2. The lowest BCUT2D eigenvalue weighted by Gasteiger charge is -2.36. The predicted octanol–water partition coefficient (Wildman–Crippen LogP) is 5.17. The lowest BCUT2D eigenvalue weighted by atomic mass is 10.1. The lowest BCUT2D eigenvalue weighted by molar-refractivity contribution is 0.102. The lowest BCUT2D eigenvalue weighted by Crippen LogP contribution is -2.48. The van der Waals surface area contributed by atoms with Crippen LogP contribution in [-0.4, -0.2) is 44.8 Å². The Morgan fingerprint density at radius 1 is 0.971 bits per heavy atom. The molecule has 4 rings (SSSR count). The molecule has 3 aromatic rings. The number of carbonyl (C=O) groups excluding carboxylic acids is 1. The predicted molar refractivity (Wildman–Crippen MR) is 137 cm³/mol. The first-order chi connectivity index (χ1) is 16.6. The summed E-state index contributed by atoms with van der Waals surface area (Å²) in [6.07, 6.45) is 0. The Kier molecular flexibility index (Phi) is 7.17. The molecule has 184 valence electrons. The summed E-state index contributed by atoms with van der Waals surface area (Å²) in [5.41, 5.74) is 4.09.